The third-order valence-corrected chi connectivity index (χ3v) is 4.20. The molecule has 2 saturated carbocycles. The molecule has 0 amide bonds. The Morgan fingerprint density at radius 3 is 2.83 bits per heavy atom. The molecule has 2 aliphatic rings. The number of nitrogens with one attached hydrogen (secondary N) is 1. The standard InChI is InChI=1S/C15H24N2O/c1-17(10-12-3-2-4-12)11-13-7-8-18-15(13)9-16-14-5-6-14/h7-8,12,14,16H,2-6,9-11H2,1H3. The van der Waals surface area contributed by atoms with Crippen molar-refractivity contribution in [3.63, 3.8) is 0 Å². The number of nitrogens with zero attached hydrogens (tertiary/aromatic N) is 1. The van der Waals surface area contributed by atoms with Crippen LogP contribution in [0.25, 0.3) is 0 Å². The van der Waals surface area contributed by atoms with E-state index in [-0.39, 0.29) is 0 Å². The minimum Gasteiger partial charge on any atom is -0.468 e. The van der Waals surface area contributed by atoms with E-state index in [4.69, 9.17) is 4.42 Å². The highest BCUT2D eigenvalue weighted by Gasteiger charge is 2.22. The lowest BCUT2D eigenvalue weighted by molar-refractivity contribution is 0.199. The van der Waals surface area contributed by atoms with Crippen LogP contribution in [0.3, 0.4) is 0 Å². The molecule has 100 valence electrons. The van der Waals surface area contributed by atoms with Gasteiger partial charge in [-0.05, 0) is 44.7 Å². The van der Waals surface area contributed by atoms with Crippen LogP contribution in [0.2, 0.25) is 0 Å². The van der Waals surface area contributed by atoms with E-state index < -0.39 is 0 Å². The van der Waals surface area contributed by atoms with Crippen molar-refractivity contribution < 1.29 is 4.42 Å². The van der Waals surface area contributed by atoms with Gasteiger partial charge in [-0.2, -0.15) is 0 Å². The predicted octanol–water partition coefficient (Wildman–Crippen LogP) is 2.76. The molecule has 0 unspecified atom stereocenters. The average Bonchev–Trinajstić information content (AvgIpc) is 3.03. The zero-order valence-corrected chi connectivity index (χ0v) is 11.3. The molecule has 1 heterocycles. The average molecular weight is 248 g/mol. The van der Waals surface area contributed by atoms with Crippen LogP contribution in [0.15, 0.2) is 16.7 Å². The Hall–Kier alpha value is -0.800. The van der Waals surface area contributed by atoms with Gasteiger partial charge in [0, 0.05) is 24.7 Å². The van der Waals surface area contributed by atoms with Gasteiger partial charge in [0.2, 0.25) is 0 Å². The molecule has 0 saturated heterocycles. The van der Waals surface area contributed by atoms with Gasteiger partial charge in [0.05, 0.1) is 12.8 Å². The van der Waals surface area contributed by atoms with E-state index in [1.165, 1.54) is 44.2 Å². The van der Waals surface area contributed by atoms with Gasteiger partial charge in [0.25, 0.3) is 0 Å². The van der Waals surface area contributed by atoms with Crippen molar-refractivity contribution in [2.75, 3.05) is 13.6 Å². The highest BCUT2D eigenvalue weighted by Crippen LogP contribution is 2.27. The monoisotopic (exact) mass is 248 g/mol. The first-order valence-electron chi connectivity index (χ1n) is 7.28. The van der Waals surface area contributed by atoms with Gasteiger partial charge in [-0.3, -0.25) is 0 Å². The van der Waals surface area contributed by atoms with Crippen LogP contribution in [0.4, 0.5) is 0 Å². The molecule has 0 bridgehead atoms. The second kappa shape index (κ2) is 5.45. The van der Waals surface area contributed by atoms with Crippen LogP contribution in [0, 0.1) is 5.92 Å². The van der Waals surface area contributed by atoms with Crippen LogP contribution < -0.4 is 5.32 Å². The topological polar surface area (TPSA) is 28.4 Å². The minimum absolute atomic E-state index is 0.746. The molecule has 1 aromatic rings. The molecule has 0 aliphatic heterocycles. The molecule has 2 fully saturated rings. The van der Waals surface area contributed by atoms with Gasteiger partial charge >= 0.3 is 0 Å². The fourth-order valence-corrected chi connectivity index (χ4v) is 2.66. The Bertz CT molecular complexity index is 380. The van der Waals surface area contributed by atoms with E-state index in [1.807, 2.05) is 6.26 Å². The summed E-state index contributed by atoms with van der Waals surface area (Å²) in [4.78, 5) is 2.44. The fourth-order valence-electron chi connectivity index (χ4n) is 2.66. The summed E-state index contributed by atoms with van der Waals surface area (Å²) in [6.45, 7) is 3.15. The lowest BCUT2D eigenvalue weighted by atomic mass is 9.85. The highest BCUT2D eigenvalue weighted by molar-refractivity contribution is 5.17. The van der Waals surface area contributed by atoms with Crippen molar-refractivity contribution in [3.8, 4) is 0 Å². The van der Waals surface area contributed by atoms with Gasteiger partial charge in [-0.15, -0.1) is 0 Å². The first-order valence-corrected chi connectivity index (χ1v) is 7.28. The van der Waals surface area contributed by atoms with Gasteiger partial charge in [0.1, 0.15) is 5.76 Å². The first-order chi connectivity index (χ1) is 8.81. The molecule has 0 spiro atoms. The van der Waals surface area contributed by atoms with Crippen LogP contribution >= 0.6 is 0 Å². The van der Waals surface area contributed by atoms with Gasteiger partial charge < -0.3 is 14.6 Å². The Labute approximate surface area is 110 Å². The summed E-state index contributed by atoms with van der Waals surface area (Å²) in [6, 6.07) is 2.87. The number of rotatable bonds is 7. The molecule has 18 heavy (non-hydrogen) atoms. The Morgan fingerprint density at radius 1 is 1.33 bits per heavy atom. The molecule has 0 atom stereocenters. The largest absolute Gasteiger partial charge is 0.468 e. The lowest BCUT2D eigenvalue weighted by Crippen LogP contribution is -2.29. The lowest BCUT2D eigenvalue weighted by Gasteiger charge is -2.30. The van der Waals surface area contributed by atoms with Gasteiger partial charge in [-0.25, -0.2) is 0 Å². The zero-order valence-electron chi connectivity index (χ0n) is 11.3. The molecule has 3 heteroatoms. The van der Waals surface area contributed by atoms with E-state index in [0.717, 1.165) is 30.8 Å². The normalized spacial score (nSPS) is 20.3. The van der Waals surface area contributed by atoms with Crippen molar-refractivity contribution in [2.45, 2.75) is 51.2 Å². The number of hydrogen-bond acceptors (Lipinski definition) is 3. The fraction of sp³-hybridized carbons (Fsp3) is 0.733. The van der Waals surface area contributed by atoms with Crippen molar-refractivity contribution in [2.24, 2.45) is 5.92 Å². The Morgan fingerprint density at radius 2 is 2.17 bits per heavy atom. The molecular formula is C15H24N2O. The van der Waals surface area contributed by atoms with Crippen molar-refractivity contribution >= 4 is 0 Å². The van der Waals surface area contributed by atoms with E-state index >= 15 is 0 Å². The third-order valence-electron chi connectivity index (χ3n) is 4.20. The summed E-state index contributed by atoms with van der Waals surface area (Å²) < 4.78 is 5.60. The minimum atomic E-state index is 0.746. The number of hydrogen-bond donors (Lipinski definition) is 1. The van der Waals surface area contributed by atoms with Crippen LogP contribution in [0.1, 0.15) is 43.4 Å². The van der Waals surface area contributed by atoms with E-state index in [9.17, 15) is 0 Å². The van der Waals surface area contributed by atoms with E-state index in [1.54, 1.807) is 0 Å². The Balaban J connectivity index is 1.48. The summed E-state index contributed by atoms with van der Waals surface area (Å²) in [7, 11) is 2.23. The molecule has 0 aromatic carbocycles. The molecule has 0 radical (unpaired) electrons. The summed E-state index contributed by atoms with van der Waals surface area (Å²) in [5.74, 6) is 2.07. The molecule has 1 aromatic heterocycles. The number of furan rings is 1. The second-order valence-corrected chi connectivity index (χ2v) is 6.02. The van der Waals surface area contributed by atoms with Gasteiger partial charge in [-0.1, -0.05) is 6.42 Å². The van der Waals surface area contributed by atoms with Crippen LogP contribution in [-0.4, -0.2) is 24.5 Å². The second-order valence-electron chi connectivity index (χ2n) is 6.02. The van der Waals surface area contributed by atoms with E-state index in [2.05, 4.69) is 23.3 Å². The smallest absolute Gasteiger partial charge is 0.122 e. The molecule has 2 aliphatic carbocycles. The third kappa shape index (κ3) is 3.15. The summed E-state index contributed by atoms with van der Waals surface area (Å²) >= 11 is 0. The highest BCUT2D eigenvalue weighted by atomic mass is 16.3. The molecule has 3 rings (SSSR count). The van der Waals surface area contributed by atoms with Crippen molar-refractivity contribution in [3.05, 3.63) is 23.7 Å². The maximum atomic E-state index is 5.60. The predicted molar refractivity (Wildman–Crippen MR) is 72.2 cm³/mol. The van der Waals surface area contributed by atoms with Crippen molar-refractivity contribution in [1.82, 2.24) is 10.2 Å². The zero-order chi connectivity index (χ0) is 12.4. The SMILES string of the molecule is CN(Cc1ccoc1CNC1CC1)CC1CCC1. The summed E-state index contributed by atoms with van der Waals surface area (Å²) in [5, 5.41) is 3.52. The quantitative estimate of drug-likeness (QED) is 0.804. The summed E-state index contributed by atoms with van der Waals surface area (Å²) in [5.41, 5.74) is 1.35. The van der Waals surface area contributed by atoms with Crippen LogP contribution in [-0.2, 0) is 13.1 Å². The molecular weight excluding hydrogens is 224 g/mol. The van der Waals surface area contributed by atoms with Crippen LogP contribution in [0.5, 0.6) is 0 Å². The van der Waals surface area contributed by atoms with Crippen molar-refractivity contribution in [1.29, 1.82) is 0 Å². The first kappa shape index (κ1) is 12.2. The maximum absolute atomic E-state index is 5.60. The van der Waals surface area contributed by atoms with E-state index in [0.29, 0.717) is 0 Å². The molecule has 1 N–H and O–H groups in total. The molecule has 3 nitrogen and oxygen atoms in total. The summed E-state index contributed by atoms with van der Waals surface area (Å²) in [6.07, 6.45) is 8.77. The van der Waals surface area contributed by atoms with Gasteiger partial charge in [0.15, 0.2) is 0 Å². The maximum Gasteiger partial charge on any atom is 0.122 e. The Kier molecular flexibility index (Phi) is 3.71.